The van der Waals surface area contributed by atoms with E-state index in [1.165, 1.54) is 0 Å². The van der Waals surface area contributed by atoms with E-state index in [0.29, 0.717) is 6.54 Å². The van der Waals surface area contributed by atoms with Gasteiger partial charge in [-0.05, 0) is 78.6 Å². The van der Waals surface area contributed by atoms with Crippen molar-refractivity contribution < 1.29 is 22.4 Å². The number of hydrogen-bond acceptors (Lipinski definition) is 6. The fraction of sp³-hybridized carbons (Fsp3) is 1.00. The van der Waals surface area contributed by atoms with Gasteiger partial charge in [0, 0.05) is 6.54 Å². The molecule has 0 aromatic heterocycles. The summed E-state index contributed by atoms with van der Waals surface area (Å²) < 4.78 is 32.8. The smallest absolute Gasteiger partial charge is 0.187 e. The maximum Gasteiger partial charge on any atom is 0.187 e. The standard InChI is InChI=1S/C18H45NO5Si4/c1-25(2,3)21-15-14(13-19)20-18(24-28(10,11)12)17(23-27(7,8)9)16(15)22-26(4,5)6/h14-18H,13,19H2,1-12H3/t14-,15-,16+,17-,18+/m1/s1. The molecule has 0 radical (unpaired) electrons. The largest absolute Gasteiger partial charge is 0.409 e. The molecule has 0 unspecified atom stereocenters. The molecule has 0 aromatic rings. The van der Waals surface area contributed by atoms with Crippen LogP contribution in [0, 0.1) is 0 Å². The van der Waals surface area contributed by atoms with Crippen molar-refractivity contribution in [3.63, 3.8) is 0 Å². The molecule has 6 nitrogen and oxygen atoms in total. The van der Waals surface area contributed by atoms with E-state index >= 15 is 0 Å². The highest BCUT2D eigenvalue weighted by atomic mass is 28.4. The van der Waals surface area contributed by atoms with Gasteiger partial charge in [-0.15, -0.1) is 0 Å². The Labute approximate surface area is 177 Å². The second-order valence-corrected chi connectivity index (χ2v) is 29.4. The molecular weight excluding hydrogens is 423 g/mol. The summed E-state index contributed by atoms with van der Waals surface area (Å²) in [5, 5.41) is 0. The van der Waals surface area contributed by atoms with Gasteiger partial charge in [-0.1, -0.05) is 0 Å². The van der Waals surface area contributed by atoms with E-state index in [1.54, 1.807) is 0 Å². The SMILES string of the molecule is C[Si](C)(C)O[C@@H]1O[C@H](CN)[C@@H](O[Si](C)(C)C)[C@H](O[Si](C)(C)C)[C@H]1O[Si](C)(C)C. The topological polar surface area (TPSA) is 72.2 Å². The Bertz CT molecular complexity index is 496. The molecule has 1 rings (SSSR count). The van der Waals surface area contributed by atoms with Crippen LogP contribution in [0.1, 0.15) is 0 Å². The summed E-state index contributed by atoms with van der Waals surface area (Å²) in [7, 11) is -7.48. The normalized spacial score (nSPS) is 30.5. The predicted molar refractivity (Wildman–Crippen MR) is 127 cm³/mol. The second kappa shape index (κ2) is 9.41. The maximum atomic E-state index is 6.71. The lowest BCUT2D eigenvalue weighted by molar-refractivity contribution is -0.261. The van der Waals surface area contributed by atoms with Crippen LogP contribution < -0.4 is 5.73 Å². The fourth-order valence-electron chi connectivity index (χ4n) is 3.14. The summed E-state index contributed by atoms with van der Waals surface area (Å²) >= 11 is 0. The molecule has 1 saturated heterocycles. The number of rotatable bonds is 9. The van der Waals surface area contributed by atoms with Gasteiger partial charge in [0.1, 0.15) is 24.4 Å². The molecule has 1 aliphatic rings. The van der Waals surface area contributed by atoms with Crippen LogP contribution in [0.2, 0.25) is 78.6 Å². The molecule has 0 aromatic carbocycles. The van der Waals surface area contributed by atoms with E-state index < -0.39 is 39.6 Å². The molecule has 1 aliphatic heterocycles. The molecule has 2 N–H and O–H groups in total. The lowest BCUT2D eigenvalue weighted by Gasteiger charge is -2.51. The molecule has 1 fully saturated rings. The third kappa shape index (κ3) is 9.62. The molecule has 168 valence electrons. The van der Waals surface area contributed by atoms with E-state index in [4.69, 9.17) is 28.2 Å². The average molecular weight is 468 g/mol. The van der Waals surface area contributed by atoms with Crippen LogP contribution >= 0.6 is 0 Å². The Morgan fingerprint density at radius 2 is 0.929 bits per heavy atom. The Kier molecular flexibility index (Phi) is 8.96. The first-order valence-corrected chi connectivity index (χ1v) is 24.0. The van der Waals surface area contributed by atoms with Gasteiger partial charge in [0.25, 0.3) is 0 Å². The summed E-state index contributed by atoms with van der Waals surface area (Å²) in [5.41, 5.74) is 6.13. The quantitative estimate of drug-likeness (QED) is 0.513. The highest BCUT2D eigenvalue weighted by Crippen LogP contribution is 2.34. The summed E-state index contributed by atoms with van der Waals surface area (Å²) in [5.74, 6) is 0. The van der Waals surface area contributed by atoms with Crippen molar-refractivity contribution in [1.29, 1.82) is 0 Å². The zero-order valence-electron chi connectivity index (χ0n) is 20.2. The zero-order valence-corrected chi connectivity index (χ0v) is 24.2. The van der Waals surface area contributed by atoms with E-state index in [0.717, 1.165) is 0 Å². The van der Waals surface area contributed by atoms with Gasteiger partial charge in [-0.25, -0.2) is 0 Å². The van der Waals surface area contributed by atoms with Crippen LogP contribution in [0.4, 0.5) is 0 Å². The van der Waals surface area contributed by atoms with E-state index in [-0.39, 0.29) is 24.4 Å². The maximum absolute atomic E-state index is 6.71. The number of hydrogen-bond donors (Lipinski definition) is 1. The Morgan fingerprint density at radius 1 is 0.571 bits per heavy atom. The third-order valence-electron chi connectivity index (χ3n) is 3.76. The first kappa shape index (κ1) is 26.7. The third-order valence-corrected chi connectivity index (χ3v) is 7.64. The minimum absolute atomic E-state index is 0.242. The van der Waals surface area contributed by atoms with Gasteiger partial charge in [0.05, 0.1) is 0 Å². The first-order chi connectivity index (χ1) is 12.3. The monoisotopic (exact) mass is 467 g/mol. The van der Waals surface area contributed by atoms with Crippen LogP contribution in [0.15, 0.2) is 0 Å². The van der Waals surface area contributed by atoms with Gasteiger partial charge in [0.2, 0.25) is 0 Å². The summed E-state index contributed by atoms with van der Waals surface area (Å²) in [6.45, 7) is 26.6. The molecule has 0 bridgehead atoms. The van der Waals surface area contributed by atoms with E-state index in [1.807, 2.05) is 0 Å². The lowest BCUT2D eigenvalue weighted by atomic mass is 9.99. The number of ether oxygens (including phenoxy) is 1. The lowest BCUT2D eigenvalue weighted by Crippen LogP contribution is -2.67. The molecule has 1 heterocycles. The highest BCUT2D eigenvalue weighted by Gasteiger charge is 2.52. The minimum Gasteiger partial charge on any atom is -0.409 e. The Morgan fingerprint density at radius 3 is 1.29 bits per heavy atom. The van der Waals surface area contributed by atoms with Crippen molar-refractivity contribution in [2.24, 2.45) is 5.73 Å². The van der Waals surface area contributed by atoms with Gasteiger partial charge in [0.15, 0.2) is 39.6 Å². The molecule has 0 aliphatic carbocycles. The average Bonchev–Trinajstić information content (AvgIpc) is 2.39. The minimum atomic E-state index is -1.88. The molecule has 0 amide bonds. The summed E-state index contributed by atoms with van der Waals surface area (Å²) in [6.07, 6.45) is -1.54. The van der Waals surface area contributed by atoms with Crippen molar-refractivity contribution in [1.82, 2.24) is 0 Å². The van der Waals surface area contributed by atoms with Crippen molar-refractivity contribution >= 4 is 33.3 Å². The molecule has 28 heavy (non-hydrogen) atoms. The van der Waals surface area contributed by atoms with Gasteiger partial charge in [-0.2, -0.15) is 0 Å². The molecule has 5 atom stereocenters. The van der Waals surface area contributed by atoms with Gasteiger partial charge >= 0.3 is 0 Å². The van der Waals surface area contributed by atoms with Crippen molar-refractivity contribution in [2.75, 3.05) is 6.54 Å². The molecular formula is C18H45NO5Si4. The van der Waals surface area contributed by atoms with Crippen LogP contribution in [0.5, 0.6) is 0 Å². The van der Waals surface area contributed by atoms with E-state index in [9.17, 15) is 0 Å². The molecule has 0 saturated carbocycles. The zero-order chi connectivity index (χ0) is 22.1. The van der Waals surface area contributed by atoms with Crippen LogP contribution in [0.3, 0.4) is 0 Å². The van der Waals surface area contributed by atoms with Gasteiger partial charge in [-0.3, -0.25) is 0 Å². The number of nitrogens with two attached hydrogens (primary N) is 1. The molecule has 10 heteroatoms. The highest BCUT2D eigenvalue weighted by molar-refractivity contribution is 6.71. The fourth-order valence-corrected chi connectivity index (χ4v) is 7.27. The molecule has 0 spiro atoms. The predicted octanol–water partition coefficient (Wildman–Crippen LogP) is 4.18. The summed E-state index contributed by atoms with van der Waals surface area (Å²) in [6, 6.07) is 0. The van der Waals surface area contributed by atoms with Crippen LogP contribution in [-0.4, -0.2) is 70.5 Å². The second-order valence-electron chi connectivity index (χ2n) is 11.6. The Balaban J connectivity index is 3.40. The van der Waals surface area contributed by atoms with Crippen molar-refractivity contribution in [2.45, 2.75) is 109 Å². The van der Waals surface area contributed by atoms with Crippen LogP contribution in [-0.2, 0) is 22.4 Å². The summed E-state index contributed by atoms with van der Waals surface area (Å²) in [4.78, 5) is 0. The van der Waals surface area contributed by atoms with Crippen molar-refractivity contribution in [3.8, 4) is 0 Å². The van der Waals surface area contributed by atoms with E-state index in [2.05, 4.69) is 78.6 Å². The Hall–Kier alpha value is 0.628. The first-order valence-electron chi connectivity index (χ1n) is 10.4. The van der Waals surface area contributed by atoms with Crippen LogP contribution in [0.25, 0.3) is 0 Å². The van der Waals surface area contributed by atoms with Crippen molar-refractivity contribution in [3.05, 3.63) is 0 Å². The van der Waals surface area contributed by atoms with Gasteiger partial charge < -0.3 is 28.2 Å².